The molecule has 0 aromatic rings. The van der Waals surface area contributed by atoms with Crippen molar-refractivity contribution >= 4 is 5.97 Å². The molecule has 0 saturated heterocycles. The lowest BCUT2D eigenvalue weighted by Crippen LogP contribution is -2.27. The topological polar surface area (TPSA) is 55.8 Å². The van der Waals surface area contributed by atoms with Crippen molar-refractivity contribution < 1.29 is 19.4 Å². The predicted molar refractivity (Wildman–Crippen MR) is 159 cm³/mol. The summed E-state index contributed by atoms with van der Waals surface area (Å²) in [5, 5.41) is 9.50. The van der Waals surface area contributed by atoms with Crippen LogP contribution in [0.25, 0.3) is 0 Å². The highest BCUT2D eigenvalue weighted by Crippen LogP contribution is 2.14. The molecule has 0 fully saturated rings. The molecule has 0 aliphatic carbocycles. The fourth-order valence-corrected chi connectivity index (χ4v) is 4.92. The van der Waals surface area contributed by atoms with Gasteiger partial charge in [-0.3, -0.25) is 4.79 Å². The first kappa shape index (κ1) is 36.4. The summed E-state index contributed by atoms with van der Waals surface area (Å²) in [5.74, 6) is -0.199. The second kappa shape index (κ2) is 31.6. The minimum absolute atomic E-state index is 0.164. The number of aliphatic hydroxyl groups excluding tert-OH is 1. The van der Waals surface area contributed by atoms with Crippen LogP contribution in [0.3, 0.4) is 0 Å². The van der Waals surface area contributed by atoms with E-state index in [0.717, 1.165) is 19.3 Å². The number of carbonyl (C=O) groups is 1. The summed E-state index contributed by atoms with van der Waals surface area (Å²) in [6, 6.07) is 0. The summed E-state index contributed by atoms with van der Waals surface area (Å²) in [6.07, 6.45) is 32.7. The molecule has 1 atom stereocenters. The quantitative estimate of drug-likeness (QED) is 0.0721. The number of rotatable bonds is 31. The molecule has 0 radical (unpaired) electrons. The maximum absolute atomic E-state index is 12.1. The van der Waals surface area contributed by atoms with Crippen LogP contribution in [0.15, 0.2) is 0 Å². The molecule has 0 rings (SSSR count). The Morgan fingerprint density at radius 2 is 0.892 bits per heavy atom. The molecule has 0 aromatic carbocycles. The Kier molecular flexibility index (Phi) is 31.1. The van der Waals surface area contributed by atoms with Crippen LogP contribution in [0, 0.1) is 0 Å². The van der Waals surface area contributed by atoms with Gasteiger partial charge in [-0.05, 0) is 12.8 Å². The van der Waals surface area contributed by atoms with Crippen molar-refractivity contribution in [2.75, 3.05) is 19.8 Å². The van der Waals surface area contributed by atoms with Gasteiger partial charge in [-0.2, -0.15) is 0 Å². The highest BCUT2D eigenvalue weighted by molar-refractivity contribution is 5.69. The molecule has 0 spiro atoms. The van der Waals surface area contributed by atoms with Crippen LogP contribution in [0.5, 0.6) is 0 Å². The Morgan fingerprint density at radius 1 is 0.541 bits per heavy atom. The van der Waals surface area contributed by atoms with Crippen molar-refractivity contribution in [3.05, 3.63) is 0 Å². The van der Waals surface area contributed by atoms with Crippen molar-refractivity contribution in [1.29, 1.82) is 0 Å². The third kappa shape index (κ3) is 29.8. The van der Waals surface area contributed by atoms with E-state index < -0.39 is 6.10 Å². The standard InChI is InChI=1S/C33H66O4/c1-3-5-7-9-11-13-15-16-17-19-21-23-25-27-29-36-31-32(30-34)37-33(35)28-26-24-22-20-18-14-12-10-8-6-4-2/h32,34H,3-31H2,1-2H3. The summed E-state index contributed by atoms with van der Waals surface area (Å²) in [6.45, 7) is 5.36. The lowest BCUT2D eigenvalue weighted by molar-refractivity contribution is -0.154. The maximum Gasteiger partial charge on any atom is 0.306 e. The fourth-order valence-electron chi connectivity index (χ4n) is 4.92. The molecule has 37 heavy (non-hydrogen) atoms. The van der Waals surface area contributed by atoms with E-state index in [2.05, 4.69) is 13.8 Å². The van der Waals surface area contributed by atoms with Crippen molar-refractivity contribution in [2.45, 2.75) is 187 Å². The molecule has 4 heteroatoms. The molecule has 1 N–H and O–H groups in total. The molecule has 0 bridgehead atoms. The molecule has 0 aliphatic rings. The summed E-state index contributed by atoms with van der Waals surface area (Å²) in [4.78, 5) is 12.1. The van der Waals surface area contributed by atoms with E-state index in [4.69, 9.17) is 9.47 Å². The Morgan fingerprint density at radius 3 is 1.27 bits per heavy atom. The maximum atomic E-state index is 12.1. The highest BCUT2D eigenvalue weighted by Gasteiger charge is 2.13. The summed E-state index contributed by atoms with van der Waals surface area (Å²) in [5.41, 5.74) is 0. The number of aliphatic hydroxyl groups is 1. The number of hydrogen-bond acceptors (Lipinski definition) is 4. The highest BCUT2D eigenvalue weighted by atomic mass is 16.6. The Bertz CT molecular complexity index is 440. The summed E-state index contributed by atoms with van der Waals surface area (Å²) >= 11 is 0. The Labute approximate surface area is 232 Å². The van der Waals surface area contributed by atoms with Crippen LogP contribution in [-0.2, 0) is 14.3 Å². The number of esters is 1. The van der Waals surface area contributed by atoms with Gasteiger partial charge in [0, 0.05) is 13.0 Å². The molecule has 222 valence electrons. The van der Waals surface area contributed by atoms with Crippen LogP contribution >= 0.6 is 0 Å². The van der Waals surface area contributed by atoms with Crippen LogP contribution in [-0.4, -0.2) is 37.0 Å². The van der Waals surface area contributed by atoms with Crippen molar-refractivity contribution in [2.24, 2.45) is 0 Å². The zero-order valence-electron chi connectivity index (χ0n) is 25.3. The summed E-state index contributed by atoms with van der Waals surface area (Å²) < 4.78 is 11.1. The molecule has 4 nitrogen and oxygen atoms in total. The van der Waals surface area contributed by atoms with Gasteiger partial charge >= 0.3 is 5.97 Å². The van der Waals surface area contributed by atoms with E-state index in [1.165, 1.54) is 141 Å². The monoisotopic (exact) mass is 526 g/mol. The molecule has 0 aliphatic heterocycles. The molecule has 0 saturated carbocycles. The van der Waals surface area contributed by atoms with Crippen molar-refractivity contribution in [1.82, 2.24) is 0 Å². The average Bonchev–Trinajstić information content (AvgIpc) is 2.90. The van der Waals surface area contributed by atoms with Gasteiger partial charge in [0.1, 0.15) is 6.10 Å². The normalized spacial score (nSPS) is 12.2. The SMILES string of the molecule is CCCCCCCCCCCCCCCCOCC(CO)OC(=O)CCCCCCCCCCCCC. The summed E-state index contributed by atoms with van der Waals surface area (Å²) in [7, 11) is 0. The lowest BCUT2D eigenvalue weighted by Gasteiger charge is -2.16. The van der Waals surface area contributed by atoms with Crippen molar-refractivity contribution in [3.8, 4) is 0 Å². The van der Waals surface area contributed by atoms with Crippen LogP contribution in [0.1, 0.15) is 181 Å². The Balaban J connectivity index is 3.39. The molecule has 0 amide bonds. The molecular weight excluding hydrogens is 460 g/mol. The van der Waals surface area contributed by atoms with Crippen LogP contribution < -0.4 is 0 Å². The van der Waals surface area contributed by atoms with E-state index in [-0.39, 0.29) is 12.6 Å². The second-order valence-corrected chi connectivity index (χ2v) is 11.3. The van der Waals surface area contributed by atoms with E-state index in [1.807, 2.05) is 0 Å². The zero-order chi connectivity index (χ0) is 27.1. The van der Waals surface area contributed by atoms with Gasteiger partial charge in [0.2, 0.25) is 0 Å². The zero-order valence-corrected chi connectivity index (χ0v) is 25.3. The van der Waals surface area contributed by atoms with Gasteiger partial charge in [0.25, 0.3) is 0 Å². The van der Waals surface area contributed by atoms with E-state index in [1.54, 1.807) is 0 Å². The minimum atomic E-state index is -0.521. The van der Waals surface area contributed by atoms with E-state index >= 15 is 0 Å². The van der Waals surface area contributed by atoms with Gasteiger partial charge < -0.3 is 14.6 Å². The third-order valence-electron chi connectivity index (χ3n) is 7.43. The number of unbranched alkanes of at least 4 members (excludes halogenated alkanes) is 23. The number of carbonyl (C=O) groups excluding carboxylic acids is 1. The predicted octanol–water partition coefficient (Wildman–Crippen LogP) is 10.1. The van der Waals surface area contributed by atoms with Gasteiger partial charge in [-0.25, -0.2) is 0 Å². The number of ether oxygens (including phenoxy) is 2. The lowest BCUT2D eigenvalue weighted by atomic mass is 10.0. The molecule has 1 unspecified atom stereocenters. The van der Waals surface area contributed by atoms with Gasteiger partial charge in [0.05, 0.1) is 13.2 Å². The average molecular weight is 527 g/mol. The minimum Gasteiger partial charge on any atom is -0.457 e. The fraction of sp³-hybridized carbons (Fsp3) is 0.970. The van der Waals surface area contributed by atoms with Crippen LogP contribution in [0.2, 0.25) is 0 Å². The van der Waals surface area contributed by atoms with Crippen molar-refractivity contribution in [3.63, 3.8) is 0 Å². The second-order valence-electron chi connectivity index (χ2n) is 11.3. The Hall–Kier alpha value is -0.610. The van der Waals surface area contributed by atoms with E-state index in [0.29, 0.717) is 19.6 Å². The molecular formula is C33H66O4. The third-order valence-corrected chi connectivity index (χ3v) is 7.43. The molecule has 0 aromatic heterocycles. The van der Waals surface area contributed by atoms with Gasteiger partial charge in [-0.15, -0.1) is 0 Å². The van der Waals surface area contributed by atoms with Gasteiger partial charge in [0.15, 0.2) is 0 Å². The molecule has 0 heterocycles. The first-order valence-corrected chi connectivity index (χ1v) is 16.6. The number of hydrogen-bond donors (Lipinski definition) is 1. The van der Waals surface area contributed by atoms with Crippen LogP contribution in [0.4, 0.5) is 0 Å². The largest absolute Gasteiger partial charge is 0.457 e. The van der Waals surface area contributed by atoms with E-state index in [9.17, 15) is 9.90 Å². The smallest absolute Gasteiger partial charge is 0.306 e. The first-order valence-electron chi connectivity index (χ1n) is 16.6. The van der Waals surface area contributed by atoms with Gasteiger partial charge in [-0.1, -0.05) is 162 Å². The first-order chi connectivity index (χ1) is 18.2.